The minimum absolute atomic E-state index is 0. The van der Waals surface area contributed by atoms with Gasteiger partial charge in [-0.1, -0.05) is 12.1 Å². The molecule has 0 unspecified atom stereocenters. The molecule has 1 aliphatic heterocycles. The predicted octanol–water partition coefficient (Wildman–Crippen LogP) is 2.22. The van der Waals surface area contributed by atoms with Crippen LogP contribution in [0.25, 0.3) is 0 Å². The number of hydrogen-bond donors (Lipinski definition) is 1. The number of para-hydroxylation sites is 1. The number of methoxy groups -OCH3 is 1. The van der Waals surface area contributed by atoms with Gasteiger partial charge in [0.15, 0.2) is 11.6 Å². The number of hydrogen-bond acceptors (Lipinski definition) is 3. The summed E-state index contributed by atoms with van der Waals surface area (Å²) in [7, 11) is 1.52. The minimum Gasteiger partial charge on any atom is -0.493 e. The van der Waals surface area contributed by atoms with Gasteiger partial charge in [-0.05, 0) is 13.0 Å². The zero-order valence-corrected chi connectivity index (χ0v) is 11.6. The highest BCUT2D eigenvalue weighted by molar-refractivity contribution is 5.85. The average Bonchev–Trinajstić information content (AvgIpc) is 2.38. The number of nitrogens with one attached hydrogen (secondary N) is 1. The average molecular weight is 275 g/mol. The van der Waals surface area contributed by atoms with Gasteiger partial charge in [-0.15, -0.1) is 12.4 Å². The number of rotatable bonds is 3. The molecule has 0 aromatic heterocycles. The summed E-state index contributed by atoms with van der Waals surface area (Å²) in [5, 5.41) is 3.31. The first-order valence-corrected chi connectivity index (χ1v) is 6.01. The quantitative estimate of drug-likeness (QED) is 0.915. The molecule has 2 rings (SSSR count). The smallest absolute Gasteiger partial charge is 0.165 e. The molecule has 102 valence electrons. The molecule has 1 fully saturated rings. The van der Waals surface area contributed by atoms with E-state index in [1.807, 2.05) is 6.07 Å². The van der Waals surface area contributed by atoms with Crippen LogP contribution in [0.2, 0.25) is 0 Å². The molecule has 0 radical (unpaired) electrons. The van der Waals surface area contributed by atoms with Gasteiger partial charge in [0.2, 0.25) is 0 Å². The molecule has 0 amide bonds. The normalized spacial score (nSPS) is 17.9. The van der Waals surface area contributed by atoms with Crippen LogP contribution in [0.15, 0.2) is 18.2 Å². The number of benzene rings is 1. The Hall–Kier alpha value is -0.840. The van der Waals surface area contributed by atoms with Gasteiger partial charge in [-0.25, -0.2) is 4.39 Å². The largest absolute Gasteiger partial charge is 0.493 e. The fourth-order valence-electron chi connectivity index (χ4n) is 2.34. The molecule has 18 heavy (non-hydrogen) atoms. The van der Waals surface area contributed by atoms with E-state index >= 15 is 0 Å². The number of ether oxygens (including phenoxy) is 1. The van der Waals surface area contributed by atoms with Crippen LogP contribution >= 0.6 is 12.4 Å². The summed E-state index contributed by atoms with van der Waals surface area (Å²) < 4.78 is 18.8. The van der Waals surface area contributed by atoms with Crippen LogP contribution in [0.3, 0.4) is 0 Å². The summed E-state index contributed by atoms with van der Waals surface area (Å²) in [6.07, 6.45) is 0. The van der Waals surface area contributed by atoms with Gasteiger partial charge in [0.05, 0.1) is 7.11 Å². The highest BCUT2D eigenvalue weighted by Gasteiger charge is 2.22. The van der Waals surface area contributed by atoms with Gasteiger partial charge in [0.25, 0.3) is 0 Å². The van der Waals surface area contributed by atoms with Crippen LogP contribution in [0.4, 0.5) is 4.39 Å². The van der Waals surface area contributed by atoms with Crippen molar-refractivity contribution < 1.29 is 9.13 Å². The number of nitrogens with zero attached hydrogens (tertiary/aromatic N) is 1. The third-order valence-electron chi connectivity index (χ3n) is 3.35. The summed E-state index contributed by atoms with van der Waals surface area (Å²) in [4.78, 5) is 2.34. The van der Waals surface area contributed by atoms with Crippen molar-refractivity contribution in [2.75, 3.05) is 33.3 Å². The van der Waals surface area contributed by atoms with Gasteiger partial charge < -0.3 is 10.1 Å². The van der Waals surface area contributed by atoms with Crippen molar-refractivity contribution in [1.82, 2.24) is 10.2 Å². The van der Waals surface area contributed by atoms with Crippen LogP contribution in [0.1, 0.15) is 18.5 Å². The van der Waals surface area contributed by atoms with Gasteiger partial charge in [0, 0.05) is 37.8 Å². The zero-order valence-electron chi connectivity index (χ0n) is 10.8. The number of halogens is 2. The van der Waals surface area contributed by atoms with Crippen LogP contribution in [0, 0.1) is 5.82 Å². The topological polar surface area (TPSA) is 24.5 Å². The molecular formula is C13H20ClFN2O. The van der Waals surface area contributed by atoms with E-state index in [1.54, 1.807) is 6.07 Å². The standard InChI is InChI=1S/C13H19FN2O.ClH/c1-10(16-8-6-15-7-9-16)11-4-3-5-12(14)13(11)17-2;/h3-5,10,15H,6-9H2,1-2H3;1H/t10-;/m1./s1. The van der Waals surface area contributed by atoms with Gasteiger partial charge >= 0.3 is 0 Å². The maximum absolute atomic E-state index is 13.6. The van der Waals surface area contributed by atoms with Gasteiger partial charge in [0.1, 0.15) is 0 Å². The summed E-state index contributed by atoms with van der Waals surface area (Å²) in [5.74, 6) is 0.0884. The van der Waals surface area contributed by atoms with Crippen molar-refractivity contribution in [1.29, 1.82) is 0 Å². The molecule has 0 aliphatic carbocycles. The zero-order chi connectivity index (χ0) is 12.3. The third-order valence-corrected chi connectivity index (χ3v) is 3.35. The van der Waals surface area contributed by atoms with Gasteiger partial charge in [-0.3, -0.25) is 4.90 Å². The second kappa shape index (κ2) is 6.92. The van der Waals surface area contributed by atoms with Crippen molar-refractivity contribution in [3.8, 4) is 5.75 Å². The highest BCUT2D eigenvalue weighted by atomic mass is 35.5. The SMILES string of the molecule is COc1c(F)cccc1[C@@H](C)N1CCNCC1.Cl. The second-order valence-electron chi connectivity index (χ2n) is 4.32. The van der Waals surface area contributed by atoms with Gasteiger partial charge in [-0.2, -0.15) is 0 Å². The Morgan fingerprint density at radius 3 is 2.61 bits per heavy atom. The summed E-state index contributed by atoms with van der Waals surface area (Å²) in [6.45, 7) is 6.05. The Morgan fingerprint density at radius 1 is 1.33 bits per heavy atom. The Bertz CT molecular complexity index is 383. The molecule has 1 heterocycles. The molecule has 1 aromatic carbocycles. The summed E-state index contributed by atoms with van der Waals surface area (Å²) >= 11 is 0. The summed E-state index contributed by atoms with van der Waals surface area (Å²) in [6, 6.07) is 5.30. The second-order valence-corrected chi connectivity index (χ2v) is 4.32. The van der Waals surface area contributed by atoms with Crippen LogP contribution < -0.4 is 10.1 Å². The lowest BCUT2D eigenvalue weighted by Gasteiger charge is -2.33. The van der Waals surface area contributed by atoms with Crippen LogP contribution in [-0.2, 0) is 0 Å². The maximum atomic E-state index is 13.6. The molecule has 0 spiro atoms. The molecule has 3 nitrogen and oxygen atoms in total. The van der Waals surface area contributed by atoms with Crippen LogP contribution in [0.5, 0.6) is 5.75 Å². The molecule has 5 heteroatoms. The van der Waals surface area contributed by atoms with E-state index in [0.717, 1.165) is 31.7 Å². The fraction of sp³-hybridized carbons (Fsp3) is 0.538. The van der Waals surface area contributed by atoms with Crippen LogP contribution in [-0.4, -0.2) is 38.2 Å². The van der Waals surface area contributed by atoms with Crippen molar-refractivity contribution >= 4 is 12.4 Å². The first-order chi connectivity index (χ1) is 8.24. The molecule has 0 bridgehead atoms. The van der Waals surface area contributed by atoms with E-state index in [1.165, 1.54) is 13.2 Å². The Kier molecular flexibility index (Phi) is 5.85. The highest BCUT2D eigenvalue weighted by Crippen LogP contribution is 2.31. The van der Waals surface area contributed by atoms with E-state index < -0.39 is 0 Å². The molecule has 1 aromatic rings. The maximum Gasteiger partial charge on any atom is 0.165 e. The first-order valence-electron chi connectivity index (χ1n) is 6.01. The predicted molar refractivity (Wildman–Crippen MR) is 73.1 cm³/mol. The lowest BCUT2D eigenvalue weighted by atomic mass is 10.0. The molecule has 1 N–H and O–H groups in total. The molecular weight excluding hydrogens is 255 g/mol. The first kappa shape index (κ1) is 15.2. The Morgan fingerprint density at radius 2 is 2.00 bits per heavy atom. The third kappa shape index (κ3) is 3.13. The van der Waals surface area contributed by atoms with E-state index in [-0.39, 0.29) is 24.3 Å². The number of piperazine rings is 1. The summed E-state index contributed by atoms with van der Waals surface area (Å²) in [5.41, 5.74) is 0.925. The lowest BCUT2D eigenvalue weighted by molar-refractivity contribution is 0.182. The van der Waals surface area contributed by atoms with Crippen molar-refractivity contribution in [2.45, 2.75) is 13.0 Å². The van der Waals surface area contributed by atoms with E-state index in [9.17, 15) is 4.39 Å². The van der Waals surface area contributed by atoms with E-state index in [0.29, 0.717) is 5.75 Å². The molecule has 0 saturated carbocycles. The van der Waals surface area contributed by atoms with E-state index in [2.05, 4.69) is 17.1 Å². The van der Waals surface area contributed by atoms with Crippen molar-refractivity contribution in [3.63, 3.8) is 0 Å². The monoisotopic (exact) mass is 274 g/mol. The molecule has 1 saturated heterocycles. The Balaban J connectivity index is 0.00000162. The molecule has 1 aliphatic rings. The fourth-order valence-corrected chi connectivity index (χ4v) is 2.34. The lowest BCUT2D eigenvalue weighted by Crippen LogP contribution is -2.44. The minimum atomic E-state index is -0.285. The van der Waals surface area contributed by atoms with E-state index in [4.69, 9.17) is 4.74 Å². The Labute approximate surface area is 114 Å². The molecule has 1 atom stereocenters. The van der Waals surface area contributed by atoms with Crippen molar-refractivity contribution in [2.24, 2.45) is 0 Å². The van der Waals surface area contributed by atoms with Crippen molar-refractivity contribution in [3.05, 3.63) is 29.6 Å².